The summed E-state index contributed by atoms with van der Waals surface area (Å²) in [6.07, 6.45) is 7.75. The van der Waals surface area contributed by atoms with Crippen LogP contribution in [0.3, 0.4) is 0 Å². The largest absolute Gasteiger partial charge is 0.472 e. The first-order chi connectivity index (χ1) is 15.9. The average molecular weight is 453 g/mol. The van der Waals surface area contributed by atoms with Crippen molar-refractivity contribution in [1.29, 1.82) is 0 Å². The van der Waals surface area contributed by atoms with E-state index in [-0.39, 0.29) is 48.3 Å². The standard InChI is InChI=1S/C25H32N4O4/c1-16-13-29(17(2)15-30)25(32)21-10-20(19-8-5-9-26-11-19)12-27-23(21)33-22(16)14-28(3)24(31)18-6-4-7-18/h5,8-12,16-18,22,30H,4,6-7,13-15H2,1-3H3/t16-,17+,22-/m1/s1. The predicted octanol–water partition coefficient (Wildman–Crippen LogP) is 2.62. The van der Waals surface area contributed by atoms with Gasteiger partial charge in [-0.05, 0) is 31.9 Å². The Morgan fingerprint density at radius 1 is 1.33 bits per heavy atom. The monoisotopic (exact) mass is 452 g/mol. The Bertz CT molecular complexity index is 995. The molecule has 2 aliphatic rings. The smallest absolute Gasteiger partial charge is 0.259 e. The molecule has 0 aromatic carbocycles. The van der Waals surface area contributed by atoms with E-state index in [9.17, 15) is 14.7 Å². The van der Waals surface area contributed by atoms with Gasteiger partial charge in [-0.15, -0.1) is 0 Å². The number of ether oxygens (including phenoxy) is 1. The van der Waals surface area contributed by atoms with Crippen LogP contribution in [0.4, 0.5) is 0 Å². The molecule has 2 amide bonds. The second-order valence-electron chi connectivity index (χ2n) is 9.29. The topological polar surface area (TPSA) is 95.9 Å². The normalized spacial score (nSPS) is 21.8. The highest BCUT2D eigenvalue weighted by atomic mass is 16.5. The van der Waals surface area contributed by atoms with E-state index in [2.05, 4.69) is 9.97 Å². The number of amides is 2. The summed E-state index contributed by atoms with van der Waals surface area (Å²) >= 11 is 0. The third-order valence-electron chi connectivity index (χ3n) is 6.80. The lowest BCUT2D eigenvalue weighted by atomic mass is 9.84. The van der Waals surface area contributed by atoms with Crippen LogP contribution in [-0.4, -0.2) is 75.6 Å². The second kappa shape index (κ2) is 9.87. The number of carbonyl (C=O) groups is 2. The van der Waals surface area contributed by atoms with Gasteiger partial charge in [0.15, 0.2) is 0 Å². The molecule has 1 fully saturated rings. The molecular weight excluding hydrogens is 420 g/mol. The number of rotatable bonds is 6. The van der Waals surface area contributed by atoms with Crippen molar-refractivity contribution in [2.75, 3.05) is 26.7 Å². The van der Waals surface area contributed by atoms with Gasteiger partial charge in [0.2, 0.25) is 11.8 Å². The van der Waals surface area contributed by atoms with Crippen molar-refractivity contribution in [3.63, 3.8) is 0 Å². The van der Waals surface area contributed by atoms with Crippen LogP contribution >= 0.6 is 0 Å². The zero-order valence-corrected chi connectivity index (χ0v) is 19.5. The number of aliphatic hydroxyl groups excluding tert-OH is 1. The minimum Gasteiger partial charge on any atom is -0.472 e. The molecule has 4 rings (SSSR count). The fourth-order valence-electron chi connectivity index (χ4n) is 4.34. The molecule has 8 nitrogen and oxygen atoms in total. The van der Waals surface area contributed by atoms with Gasteiger partial charge in [-0.1, -0.05) is 19.4 Å². The molecule has 0 bridgehead atoms. The maximum absolute atomic E-state index is 13.5. The van der Waals surface area contributed by atoms with E-state index in [0.29, 0.717) is 18.7 Å². The first-order valence-electron chi connectivity index (χ1n) is 11.6. The lowest BCUT2D eigenvalue weighted by molar-refractivity contribution is -0.138. The maximum atomic E-state index is 13.5. The van der Waals surface area contributed by atoms with E-state index < -0.39 is 0 Å². The van der Waals surface area contributed by atoms with Crippen LogP contribution in [0.1, 0.15) is 43.5 Å². The fourth-order valence-corrected chi connectivity index (χ4v) is 4.34. The molecule has 2 aromatic heterocycles. The van der Waals surface area contributed by atoms with Crippen LogP contribution in [-0.2, 0) is 4.79 Å². The van der Waals surface area contributed by atoms with E-state index in [1.54, 1.807) is 34.5 Å². The molecule has 8 heteroatoms. The zero-order valence-electron chi connectivity index (χ0n) is 19.5. The first-order valence-corrected chi connectivity index (χ1v) is 11.6. The number of carbonyl (C=O) groups excluding carboxylic acids is 2. The van der Waals surface area contributed by atoms with Crippen LogP contribution in [0.25, 0.3) is 11.1 Å². The summed E-state index contributed by atoms with van der Waals surface area (Å²) in [5.74, 6) is 0.222. The van der Waals surface area contributed by atoms with Gasteiger partial charge in [0.25, 0.3) is 5.91 Å². The molecule has 0 radical (unpaired) electrons. The van der Waals surface area contributed by atoms with E-state index in [4.69, 9.17) is 4.74 Å². The fraction of sp³-hybridized carbons (Fsp3) is 0.520. The van der Waals surface area contributed by atoms with Crippen molar-refractivity contribution < 1.29 is 19.4 Å². The molecular formula is C25H32N4O4. The first kappa shape index (κ1) is 23.2. The van der Waals surface area contributed by atoms with Crippen LogP contribution in [0.15, 0.2) is 36.8 Å². The Hall–Kier alpha value is -3.00. The zero-order chi connectivity index (χ0) is 23.5. The van der Waals surface area contributed by atoms with Gasteiger partial charge in [0.1, 0.15) is 11.7 Å². The number of hydrogen-bond donors (Lipinski definition) is 1. The van der Waals surface area contributed by atoms with E-state index in [1.165, 1.54) is 0 Å². The quantitative estimate of drug-likeness (QED) is 0.724. The number of fused-ring (bicyclic) bond motifs is 1. The molecule has 1 N–H and O–H groups in total. The highest BCUT2D eigenvalue weighted by molar-refractivity contribution is 5.98. The number of aromatic nitrogens is 2. The lowest BCUT2D eigenvalue weighted by Crippen LogP contribution is -2.51. The van der Waals surface area contributed by atoms with Crippen molar-refractivity contribution in [3.8, 4) is 17.0 Å². The van der Waals surface area contributed by atoms with Gasteiger partial charge in [-0.25, -0.2) is 4.98 Å². The third kappa shape index (κ3) is 4.85. The van der Waals surface area contributed by atoms with Crippen molar-refractivity contribution in [2.45, 2.75) is 45.3 Å². The Balaban J connectivity index is 1.67. The predicted molar refractivity (Wildman–Crippen MR) is 124 cm³/mol. The van der Waals surface area contributed by atoms with Gasteiger partial charge in [0, 0.05) is 55.1 Å². The van der Waals surface area contributed by atoms with Gasteiger partial charge in [0.05, 0.1) is 19.2 Å². The van der Waals surface area contributed by atoms with E-state index in [0.717, 1.165) is 30.4 Å². The van der Waals surface area contributed by atoms with Crippen LogP contribution in [0.2, 0.25) is 0 Å². The minimum absolute atomic E-state index is 0.0625. The number of likely N-dealkylation sites (N-methyl/N-ethyl adjacent to an activating group) is 1. The molecule has 2 aromatic rings. The van der Waals surface area contributed by atoms with Crippen molar-refractivity contribution in [3.05, 3.63) is 42.4 Å². The molecule has 0 spiro atoms. The molecule has 3 heterocycles. The summed E-state index contributed by atoms with van der Waals surface area (Å²) in [7, 11) is 1.81. The number of hydrogen-bond acceptors (Lipinski definition) is 6. The van der Waals surface area contributed by atoms with Gasteiger partial charge < -0.3 is 19.6 Å². The maximum Gasteiger partial charge on any atom is 0.259 e. The van der Waals surface area contributed by atoms with Gasteiger partial charge >= 0.3 is 0 Å². The minimum atomic E-state index is -0.358. The van der Waals surface area contributed by atoms with Gasteiger partial charge in [-0.2, -0.15) is 0 Å². The molecule has 33 heavy (non-hydrogen) atoms. The van der Waals surface area contributed by atoms with Crippen molar-refractivity contribution >= 4 is 11.8 Å². The van der Waals surface area contributed by atoms with Crippen LogP contribution in [0, 0.1) is 11.8 Å². The van der Waals surface area contributed by atoms with E-state index >= 15 is 0 Å². The molecule has 0 unspecified atom stereocenters. The molecule has 3 atom stereocenters. The summed E-state index contributed by atoms with van der Waals surface area (Å²) in [6.45, 7) is 4.51. The molecule has 176 valence electrons. The number of nitrogens with zero attached hydrogens (tertiary/aromatic N) is 4. The van der Waals surface area contributed by atoms with Crippen LogP contribution in [0.5, 0.6) is 5.88 Å². The molecule has 1 saturated carbocycles. The van der Waals surface area contributed by atoms with E-state index in [1.807, 2.05) is 33.0 Å². The van der Waals surface area contributed by atoms with Crippen molar-refractivity contribution in [1.82, 2.24) is 19.8 Å². The summed E-state index contributed by atoms with van der Waals surface area (Å²) in [5.41, 5.74) is 1.96. The summed E-state index contributed by atoms with van der Waals surface area (Å²) in [6, 6.07) is 5.15. The average Bonchev–Trinajstić information content (AvgIpc) is 2.79. The van der Waals surface area contributed by atoms with Crippen molar-refractivity contribution in [2.24, 2.45) is 11.8 Å². The summed E-state index contributed by atoms with van der Waals surface area (Å²) < 4.78 is 6.29. The third-order valence-corrected chi connectivity index (χ3v) is 6.80. The Morgan fingerprint density at radius 3 is 2.76 bits per heavy atom. The van der Waals surface area contributed by atoms with Gasteiger partial charge in [-0.3, -0.25) is 14.6 Å². The Morgan fingerprint density at radius 2 is 2.12 bits per heavy atom. The van der Waals surface area contributed by atoms with Crippen LogP contribution < -0.4 is 4.74 Å². The Labute approximate surface area is 194 Å². The summed E-state index contributed by atoms with van der Waals surface area (Å²) in [4.78, 5) is 38.3. The Kier molecular flexibility index (Phi) is 6.93. The molecule has 0 saturated heterocycles. The molecule has 1 aliphatic carbocycles. The summed E-state index contributed by atoms with van der Waals surface area (Å²) in [5, 5.41) is 9.81. The molecule has 1 aliphatic heterocycles. The highest BCUT2D eigenvalue weighted by Crippen LogP contribution is 2.31. The number of aliphatic hydroxyl groups is 1. The second-order valence-corrected chi connectivity index (χ2v) is 9.29. The number of pyridine rings is 2. The SMILES string of the molecule is C[C@@H]1CN([C@@H](C)CO)C(=O)c2cc(-c3cccnc3)cnc2O[C@@H]1CN(C)C(=O)C1CCC1. The highest BCUT2D eigenvalue weighted by Gasteiger charge is 2.36. The lowest BCUT2D eigenvalue weighted by Gasteiger charge is -2.38.